The van der Waals surface area contributed by atoms with Gasteiger partial charge >= 0.3 is 6.09 Å². The third-order valence-corrected chi connectivity index (χ3v) is 2.20. The zero-order valence-electron chi connectivity index (χ0n) is 8.99. The van der Waals surface area contributed by atoms with Gasteiger partial charge in [-0.1, -0.05) is 11.6 Å². The molecule has 82 valence electrons. The lowest BCUT2D eigenvalue weighted by Gasteiger charge is -2.33. The van der Waals surface area contributed by atoms with E-state index in [-0.39, 0.29) is 0 Å². The van der Waals surface area contributed by atoms with Gasteiger partial charge < -0.3 is 5.11 Å². The molecule has 1 N–H and O–H groups in total. The number of rotatable bonds is 1. The van der Waals surface area contributed by atoms with Crippen molar-refractivity contribution in [2.24, 2.45) is 0 Å². The van der Waals surface area contributed by atoms with Crippen LogP contribution in [-0.4, -0.2) is 16.7 Å². The summed E-state index contributed by atoms with van der Waals surface area (Å²) >= 11 is 5.74. The van der Waals surface area contributed by atoms with Crippen molar-refractivity contribution in [2.45, 2.75) is 26.3 Å². The molecule has 0 bridgehead atoms. The SMILES string of the molecule is CC(C)(C)N(C(=O)O)c1ccc(Cl)cc1. The first-order valence-electron chi connectivity index (χ1n) is 4.61. The van der Waals surface area contributed by atoms with Gasteiger partial charge in [0.15, 0.2) is 0 Å². The molecule has 0 aliphatic heterocycles. The number of anilines is 1. The first-order valence-corrected chi connectivity index (χ1v) is 4.99. The van der Waals surface area contributed by atoms with Crippen LogP contribution in [0.1, 0.15) is 20.8 Å². The minimum Gasteiger partial charge on any atom is -0.465 e. The molecule has 4 heteroatoms. The van der Waals surface area contributed by atoms with E-state index in [4.69, 9.17) is 16.7 Å². The Morgan fingerprint density at radius 3 is 2.07 bits per heavy atom. The van der Waals surface area contributed by atoms with E-state index in [0.29, 0.717) is 10.7 Å². The molecule has 0 radical (unpaired) electrons. The molecule has 0 unspecified atom stereocenters. The predicted octanol–water partition coefficient (Wildman–Crippen LogP) is 3.62. The Kier molecular flexibility index (Phi) is 3.25. The molecule has 15 heavy (non-hydrogen) atoms. The number of amides is 1. The second kappa shape index (κ2) is 4.11. The van der Waals surface area contributed by atoms with E-state index in [2.05, 4.69) is 0 Å². The smallest absolute Gasteiger partial charge is 0.412 e. The maximum absolute atomic E-state index is 11.1. The van der Waals surface area contributed by atoms with Crippen LogP contribution in [-0.2, 0) is 0 Å². The summed E-state index contributed by atoms with van der Waals surface area (Å²) in [6.45, 7) is 5.53. The lowest BCUT2D eigenvalue weighted by molar-refractivity contribution is 0.195. The van der Waals surface area contributed by atoms with E-state index in [1.165, 1.54) is 4.90 Å². The van der Waals surface area contributed by atoms with Crippen molar-refractivity contribution in [3.8, 4) is 0 Å². The number of hydrogen-bond donors (Lipinski definition) is 1. The summed E-state index contributed by atoms with van der Waals surface area (Å²) in [6.07, 6.45) is -0.968. The molecule has 0 saturated heterocycles. The molecule has 1 amide bonds. The minimum absolute atomic E-state index is 0.473. The number of carboxylic acid groups (broad SMARTS) is 1. The Bertz CT molecular complexity index is 354. The fraction of sp³-hybridized carbons (Fsp3) is 0.364. The molecule has 1 aromatic rings. The van der Waals surface area contributed by atoms with Crippen LogP contribution in [0.4, 0.5) is 10.5 Å². The van der Waals surface area contributed by atoms with Crippen LogP contribution in [0.15, 0.2) is 24.3 Å². The van der Waals surface area contributed by atoms with Crippen molar-refractivity contribution >= 4 is 23.4 Å². The summed E-state index contributed by atoms with van der Waals surface area (Å²) in [5, 5.41) is 9.72. The van der Waals surface area contributed by atoms with Gasteiger partial charge in [-0.15, -0.1) is 0 Å². The summed E-state index contributed by atoms with van der Waals surface area (Å²) < 4.78 is 0. The largest absolute Gasteiger partial charge is 0.465 e. The number of benzene rings is 1. The van der Waals surface area contributed by atoms with Crippen LogP contribution in [0.5, 0.6) is 0 Å². The van der Waals surface area contributed by atoms with Crippen LogP contribution in [0, 0.1) is 0 Å². The quantitative estimate of drug-likeness (QED) is 0.796. The fourth-order valence-electron chi connectivity index (χ4n) is 1.37. The minimum atomic E-state index is -0.968. The van der Waals surface area contributed by atoms with Crippen LogP contribution in [0.25, 0.3) is 0 Å². The normalized spacial score (nSPS) is 11.2. The van der Waals surface area contributed by atoms with Gasteiger partial charge in [0.25, 0.3) is 0 Å². The standard InChI is InChI=1S/C11H14ClNO2/c1-11(2,3)13(10(14)15)9-6-4-8(12)5-7-9/h4-7H,1-3H3,(H,14,15). The number of halogens is 1. The predicted molar refractivity (Wildman–Crippen MR) is 61.7 cm³/mol. The van der Waals surface area contributed by atoms with E-state index in [1.54, 1.807) is 24.3 Å². The van der Waals surface area contributed by atoms with Crippen molar-refractivity contribution < 1.29 is 9.90 Å². The molecule has 0 saturated carbocycles. The summed E-state index contributed by atoms with van der Waals surface area (Å²) in [7, 11) is 0. The zero-order valence-corrected chi connectivity index (χ0v) is 9.75. The second-order valence-electron chi connectivity index (χ2n) is 4.27. The van der Waals surface area contributed by atoms with Crippen LogP contribution in [0.2, 0.25) is 5.02 Å². The van der Waals surface area contributed by atoms with Crippen molar-refractivity contribution in [2.75, 3.05) is 4.90 Å². The lowest BCUT2D eigenvalue weighted by atomic mass is 10.1. The summed E-state index contributed by atoms with van der Waals surface area (Å²) in [6, 6.07) is 6.75. The van der Waals surface area contributed by atoms with E-state index in [0.717, 1.165) is 0 Å². The van der Waals surface area contributed by atoms with Gasteiger partial charge in [-0.05, 0) is 45.0 Å². The van der Waals surface area contributed by atoms with Crippen molar-refractivity contribution in [3.63, 3.8) is 0 Å². The van der Waals surface area contributed by atoms with Crippen LogP contribution >= 0.6 is 11.6 Å². The molecule has 1 rings (SSSR count). The highest BCUT2D eigenvalue weighted by molar-refractivity contribution is 6.30. The van der Waals surface area contributed by atoms with Gasteiger partial charge in [0.05, 0.1) is 0 Å². The Morgan fingerprint density at radius 2 is 1.73 bits per heavy atom. The summed E-state index contributed by atoms with van der Waals surface area (Å²) in [4.78, 5) is 12.4. The molecule has 0 fully saturated rings. The van der Waals surface area contributed by atoms with Crippen molar-refractivity contribution in [3.05, 3.63) is 29.3 Å². The molecular weight excluding hydrogens is 214 g/mol. The third-order valence-electron chi connectivity index (χ3n) is 1.95. The molecule has 0 aliphatic carbocycles. The third kappa shape index (κ3) is 2.86. The molecule has 0 heterocycles. The maximum atomic E-state index is 11.1. The molecule has 0 aromatic heterocycles. The summed E-state index contributed by atoms with van der Waals surface area (Å²) in [5.74, 6) is 0. The van der Waals surface area contributed by atoms with Crippen LogP contribution < -0.4 is 4.90 Å². The average Bonchev–Trinajstić information content (AvgIpc) is 2.05. The highest BCUT2D eigenvalue weighted by Crippen LogP contribution is 2.25. The van der Waals surface area contributed by atoms with E-state index in [1.807, 2.05) is 20.8 Å². The second-order valence-corrected chi connectivity index (χ2v) is 4.70. The number of hydrogen-bond acceptors (Lipinski definition) is 1. The van der Waals surface area contributed by atoms with E-state index >= 15 is 0 Å². The maximum Gasteiger partial charge on any atom is 0.412 e. The first-order chi connectivity index (χ1) is 6.82. The zero-order chi connectivity index (χ0) is 11.6. The van der Waals surface area contributed by atoms with Crippen molar-refractivity contribution in [1.29, 1.82) is 0 Å². The monoisotopic (exact) mass is 227 g/mol. The van der Waals surface area contributed by atoms with Gasteiger partial charge in [0.2, 0.25) is 0 Å². The average molecular weight is 228 g/mol. The molecule has 0 spiro atoms. The molecule has 3 nitrogen and oxygen atoms in total. The number of nitrogens with zero attached hydrogens (tertiary/aromatic N) is 1. The lowest BCUT2D eigenvalue weighted by Crippen LogP contribution is -2.45. The Morgan fingerprint density at radius 1 is 1.27 bits per heavy atom. The molecule has 0 aliphatic rings. The topological polar surface area (TPSA) is 40.5 Å². The van der Waals surface area contributed by atoms with Gasteiger partial charge in [-0.2, -0.15) is 0 Å². The van der Waals surface area contributed by atoms with Gasteiger partial charge in [-0.25, -0.2) is 4.79 Å². The summed E-state index contributed by atoms with van der Waals surface area (Å²) in [5.41, 5.74) is 0.152. The van der Waals surface area contributed by atoms with Crippen LogP contribution in [0.3, 0.4) is 0 Å². The Balaban J connectivity index is 3.11. The van der Waals surface area contributed by atoms with E-state index in [9.17, 15) is 4.79 Å². The van der Waals surface area contributed by atoms with Gasteiger partial charge in [0.1, 0.15) is 0 Å². The number of carbonyl (C=O) groups is 1. The molecule has 0 atom stereocenters. The highest BCUT2D eigenvalue weighted by atomic mass is 35.5. The fourth-order valence-corrected chi connectivity index (χ4v) is 1.50. The first kappa shape index (κ1) is 11.9. The van der Waals surface area contributed by atoms with Gasteiger partial charge in [0, 0.05) is 16.2 Å². The van der Waals surface area contributed by atoms with Gasteiger partial charge in [-0.3, -0.25) is 4.90 Å². The Labute approximate surface area is 94.3 Å². The van der Waals surface area contributed by atoms with E-state index < -0.39 is 11.6 Å². The molecule has 1 aromatic carbocycles. The van der Waals surface area contributed by atoms with Crippen molar-refractivity contribution in [1.82, 2.24) is 0 Å². The highest BCUT2D eigenvalue weighted by Gasteiger charge is 2.27. The Hall–Kier alpha value is -1.22. The molecular formula is C11H14ClNO2.